The summed E-state index contributed by atoms with van der Waals surface area (Å²) in [6, 6.07) is 15.7. The molecule has 33 heavy (non-hydrogen) atoms. The molecule has 2 aromatic carbocycles. The second kappa shape index (κ2) is 8.70. The Hall–Kier alpha value is -3.67. The molecule has 0 aliphatic carbocycles. The number of para-hydroxylation sites is 1. The Morgan fingerprint density at radius 2 is 1.79 bits per heavy atom. The molecule has 166 valence electrons. The zero-order valence-corrected chi connectivity index (χ0v) is 19.7. The van der Waals surface area contributed by atoms with Gasteiger partial charge in [-0.05, 0) is 36.2 Å². The van der Waals surface area contributed by atoms with Gasteiger partial charge in [-0.1, -0.05) is 41.9 Å². The summed E-state index contributed by atoms with van der Waals surface area (Å²) in [4.78, 5) is 42.2. The van der Waals surface area contributed by atoms with Crippen molar-refractivity contribution >= 4 is 39.1 Å². The van der Waals surface area contributed by atoms with Gasteiger partial charge in [0, 0.05) is 14.1 Å². The highest BCUT2D eigenvalue weighted by Gasteiger charge is 2.25. The summed E-state index contributed by atoms with van der Waals surface area (Å²) in [5, 5.41) is 10.0. The van der Waals surface area contributed by atoms with Crippen molar-refractivity contribution in [3.8, 4) is 11.8 Å². The van der Waals surface area contributed by atoms with Crippen LogP contribution in [0.3, 0.4) is 0 Å². The lowest BCUT2D eigenvalue weighted by Crippen LogP contribution is -2.39. The molecule has 4 aromatic rings. The third-order valence-electron chi connectivity index (χ3n) is 5.37. The van der Waals surface area contributed by atoms with Crippen molar-refractivity contribution in [3.63, 3.8) is 0 Å². The monoisotopic (exact) mass is 478 g/mol. The smallest absolute Gasteiger partial charge is 0.337 e. The number of carbonyl (C=O) groups excluding carboxylic acids is 1. The van der Waals surface area contributed by atoms with Crippen LogP contribution in [0.25, 0.3) is 15.9 Å². The van der Waals surface area contributed by atoms with E-state index in [0.717, 1.165) is 15.9 Å². The molecule has 2 aromatic heterocycles. The molecule has 9 heteroatoms. The Morgan fingerprint density at radius 1 is 1.12 bits per heavy atom. The van der Waals surface area contributed by atoms with Crippen molar-refractivity contribution in [2.45, 2.75) is 13.5 Å². The lowest BCUT2D eigenvalue weighted by molar-refractivity contribution is 0.0831. The van der Waals surface area contributed by atoms with Crippen LogP contribution in [-0.2, 0) is 6.54 Å². The number of carbonyl (C=O) groups is 1. The summed E-state index contributed by atoms with van der Waals surface area (Å²) in [6.07, 6.45) is 0. The minimum Gasteiger partial charge on any atom is -0.344 e. The highest BCUT2D eigenvalue weighted by atomic mass is 35.5. The van der Waals surface area contributed by atoms with Crippen LogP contribution in [-0.4, -0.2) is 34.0 Å². The number of hydrogen-bond acceptors (Lipinski definition) is 5. The van der Waals surface area contributed by atoms with Crippen LogP contribution in [0, 0.1) is 18.3 Å². The van der Waals surface area contributed by atoms with Crippen LogP contribution in [0.5, 0.6) is 0 Å². The van der Waals surface area contributed by atoms with Crippen molar-refractivity contribution in [2.24, 2.45) is 0 Å². The zero-order chi connectivity index (χ0) is 23.9. The van der Waals surface area contributed by atoms with E-state index < -0.39 is 11.2 Å². The summed E-state index contributed by atoms with van der Waals surface area (Å²) in [7, 11) is 3.26. The number of nitriles is 1. The predicted molar refractivity (Wildman–Crippen MR) is 130 cm³/mol. The number of halogens is 1. The summed E-state index contributed by atoms with van der Waals surface area (Å²) in [6.45, 7) is 1.76. The summed E-state index contributed by atoms with van der Waals surface area (Å²) < 4.78 is 2.46. The van der Waals surface area contributed by atoms with E-state index in [9.17, 15) is 19.6 Å². The van der Waals surface area contributed by atoms with E-state index in [0.29, 0.717) is 26.4 Å². The van der Waals surface area contributed by atoms with Crippen LogP contribution in [0.2, 0.25) is 5.02 Å². The molecular formula is C24H19ClN4O3S. The minimum absolute atomic E-state index is 0.0549. The van der Waals surface area contributed by atoms with Gasteiger partial charge in [0.1, 0.15) is 4.83 Å². The van der Waals surface area contributed by atoms with E-state index in [-0.39, 0.29) is 28.5 Å². The molecule has 1 amide bonds. The highest BCUT2D eigenvalue weighted by Crippen LogP contribution is 2.30. The molecule has 0 unspecified atom stereocenters. The molecule has 0 aliphatic rings. The van der Waals surface area contributed by atoms with Crippen molar-refractivity contribution in [2.75, 3.05) is 14.1 Å². The fourth-order valence-electron chi connectivity index (χ4n) is 3.68. The number of hydrogen-bond donors (Lipinski definition) is 0. The first-order valence-corrected chi connectivity index (χ1v) is 11.2. The number of benzene rings is 2. The first kappa shape index (κ1) is 22.5. The number of thiophene rings is 1. The lowest BCUT2D eigenvalue weighted by atomic mass is 10.1. The maximum Gasteiger partial charge on any atom is 0.337 e. The average molecular weight is 479 g/mol. The predicted octanol–water partition coefficient (Wildman–Crippen LogP) is 3.80. The largest absolute Gasteiger partial charge is 0.344 e. The number of rotatable bonds is 4. The molecule has 0 atom stereocenters. The van der Waals surface area contributed by atoms with E-state index in [1.54, 1.807) is 69.6 Å². The molecule has 7 nitrogen and oxygen atoms in total. The first-order valence-electron chi connectivity index (χ1n) is 9.99. The molecule has 0 saturated heterocycles. The maximum atomic E-state index is 13.7. The zero-order valence-electron chi connectivity index (χ0n) is 18.1. The van der Waals surface area contributed by atoms with Crippen LogP contribution >= 0.6 is 22.9 Å². The number of fused-ring (bicyclic) bond motifs is 1. The van der Waals surface area contributed by atoms with Gasteiger partial charge in [-0.3, -0.25) is 14.2 Å². The van der Waals surface area contributed by atoms with E-state index in [1.165, 1.54) is 9.47 Å². The van der Waals surface area contributed by atoms with Gasteiger partial charge >= 0.3 is 5.69 Å². The Labute approximate surface area is 198 Å². The quantitative estimate of drug-likeness (QED) is 0.446. The molecule has 0 fully saturated rings. The molecule has 0 bridgehead atoms. The average Bonchev–Trinajstić information content (AvgIpc) is 3.14. The van der Waals surface area contributed by atoms with Crippen molar-refractivity contribution in [1.82, 2.24) is 14.0 Å². The molecule has 0 aliphatic heterocycles. The standard InChI is InChI=1S/C24H19ClN4O3S/c1-14-19-21(30)29(18-11-7-6-10-17(18)25)24(32)28(13-16-9-5-4-8-15(16)12-26)23(19)33-20(14)22(31)27(2)3/h4-11H,13H2,1-3H3. The third kappa shape index (κ3) is 3.75. The number of aryl methyl sites for hydroxylation is 1. The Bertz CT molecular complexity index is 1570. The van der Waals surface area contributed by atoms with Gasteiger partial charge in [-0.15, -0.1) is 11.3 Å². The minimum atomic E-state index is -0.599. The summed E-state index contributed by atoms with van der Waals surface area (Å²) >= 11 is 7.44. The first-order chi connectivity index (χ1) is 15.8. The molecule has 2 heterocycles. The van der Waals surface area contributed by atoms with Crippen molar-refractivity contribution < 1.29 is 4.79 Å². The van der Waals surface area contributed by atoms with Crippen LogP contribution in [0.1, 0.15) is 26.4 Å². The van der Waals surface area contributed by atoms with E-state index in [2.05, 4.69) is 6.07 Å². The van der Waals surface area contributed by atoms with E-state index in [1.807, 2.05) is 0 Å². The molecule has 4 rings (SSSR count). The van der Waals surface area contributed by atoms with Gasteiger partial charge in [0.15, 0.2) is 0 Å². The fraction of sp³-hybridized carbons (Fsp3) is 0.167. The second-order valence-corrected chi connectivity index (χ2v) is 9.07. The Kier molecular flexibility index (Phi) is 5.93. The SMILES string of the molecule is Cc1c(C(=O)N(C)C)sc2c1c(=O)n(-c1ccccc1Cl)c(=O)n2Cc1ccccc1C#N. The van der Waals surface area contributed by atoms with Gasteiger partial charge < -0.3 is 4.90 Å². The van der Waals surface area contributed by atoms with Gasteiger partial charge in [0.2, 0.25) is 0 Å². The number of amides is 1. The fourth-order valence-corrected chi connectivity index (χ4v) is 5.21. The van der Waals surface area contributed by atoms with Crippen LogP contribution in [0.15, 0.2) is 58.1 Å². The molecule has 0 N–H and O–H groups in total. The van der Waals surface area contributed by atoms with Gasteiger partial charge in [0.05, 0.1) is 39.2 Å². The second-order valence-electron chi connectivity index (χ2n) is 7.67. The van der Waals surface area contributed by atoms with Gasteiger partial charge in [-0.25, -0.2) is 9.36 Å². The maximum absolute atomic E-state index is 13.7. The van der Waals surface area contributed by atoms with Crippen LogP contribution < -0.4 is 11.2 Å². The number of nitrogens with zero attached hydrogens (tertiary/aromatic N) is 4. The molecular weight excluding hydrogens is 460 g/mol. The highest BCUT2D eigenvalue weighted by molar-refractivity contribution is 7.20. The van der Waals surface area contributed by atoms with Gasteiger partial charge in [0.25, 0.3) is 11.5 Å². The Balaban J connectivity index is 2.13. The third-order valence-corrected chi connectivity index (χ3v) is 6.99. The molecule has 0 radical (unpaired) electrons. The van der Waals surface area contributed by atoms with E-state index >= 15 is 0 Å². The molecule has 0 spiro atoms. The van der Waals surface area contributed by atoms with Crippen LogP contribution in [0.4, 0.5) is 0 Å². The topological polar surface area (TPSA) is 88.1 Å². The lowest BCUT2D eigenvalue weighted by Gasteiger charge is -2.14. The normalized spacial score (nSPS) is 10.9. The summed E-state index contributed by atoms with van der Waals surface area (Å²) in [5.74, 6) is -0.256. The van der Waals surface area contributed by atoms with Crippen molar-refractivity contribution in [1.29, 1.82) is 5.26 Å². The van der Waals surface area contributed by atoms with E-state index in [4.69, 9.17) is 11.6 Å². The molecule has 0 saturated carbocycles. The number of aromatic nitrogens is 2. The van der Waals surface area contributed by atoms with Crippen molar-refractivity contribution in [3.05, 3.63) is 96.0 Å². The van der Waals surface area contributed by atoms with Gasteiger partial charge in [-0.2, -0.15) is 5.26 Å². The summed E-state index contributed by atoms with van der Waals surface area (Å²) in [5.41, 5.74) is 0.662. The Morgan fingerprint density at radius 3 is 2.45 bits per heavy atom.